The Bertz CT molecular complexity index is 3930. The van der Waals surface area contributed by atoms with Crippen LogP contribution in [-0.2, 0) is 0 Å². The van der Waals surface area contributed by atoms with Crippen molar-refractivity contribution >= 4 is 0 Å². The molecular weight excluding hydrogens is 709 g/mol. The molecule has 0 bridgehead atoms. The van der Waals surface area contributed by atoms with E-state index in [1.54, 1.807) is 0 Å². The van der Waals surface area contributed by atoms with Gasteiger partial charge in [0.2, 0.25) is 0 Å². The minimum Gasteiger partial charge on any atom is -0.0687 e. The van der Waals surface area contributed by atoms with Crippen LogP contribution >= 0.6 is 0 Å². The van der Waals surface area contributed by atoms with Crippen LogP contribution in [0.15, 0.2) is 340 Å². The summed E-state index contributed by atoms with van der Waals surface area (Å²) in [5.41, 5.74) is 142. The summed E-state index contributed by atoms with van der Waals surface area (Å²) in [5, 5.41) is 0. The Morgan fingerprint density at radius 3 is 0.186 bits per heavy atom. The summed E-state index contributed by atoms with van der Waals surface area (Å²) in [7, 11) is 0. The summed E-state index contributed by atoms with van der Waals surface area (Å²) >= 11 is 0. The minimum absolute atomic E-state index is 2.37. The van der Waals surface area contributed by atoms with Crippen LogP contribution in [0.1, 0.15) is 0 Å². The SMILES string of the molecule is C=C=C=C=C=C=C=C=C=C=C=C=C=C=C=C=C=C=C=C=C=C=C=C=C=C=C=C=C=C=C=C=C=C=C=C=C=C=C=C=C=C=C=C=C=C=C=C=C=C=C=C=C=C=C=C=C=C=C. The highest BCUT2D eigenvalue weighted by Crippen LogP contribution is 1.62. The van der Waals surface area contributed by atoms with Gasteiger partial charge in [-0.2, -0.15) is 0 Å². The van der Waals surface area contributed by atoms with Gasteiger partial charge < -0.3 is 0 Å². The van der Waals surface area contributed by atoms with Crippen molar-refractivity contribution in [1.82, 2.24) is 0 Å². The van der Waals surface area contributed by atoms with E-state index in [0.717, 1.165) is 0 Å². The van der Waals surface area contributed by atoms with Gasteiger partial charge in [0.05, 0.1) is 0 Å². The second-order valence-corrected chi connectivity index (χ2v) is 7.23. The standard InChI is InChI=1S/C59H4/c1-3-5-7-9-11-13-15-17-19-21-23-25-27-29-31-33-35-37-39-41-43-45-47-49-51-53-55-57-59-58-56-54-52-50-48-46-44-42-40-38-36-34-32-30-28-26-24-22-20-18-16-14-12-10-8-6-4-2/h1-2H2. The predicted molar refractivity (Wildman–Crippen MR) is 211 cm³/mol. The average Bonchev–Trinajstić information content (AvgIpc) is 3.25. The normalized spacial score (nSPS) is 3.93. The van der Waals surface area contributed by atoms with E-state index in [2.05, 4.69) is 340 Å². The van der Waals surface area contributed by atoms with E-state index in [4.69, 9.17) is 0 Å². The van der Waals surface area contributed by atoms with Crippen molar-refractivity contribution in [2.75, 3.05) is 0 Å². The number of hydrogen-bond donors (Lipinski definition) is 0. The van der Waals surface area contributed by atoms with E-state index >= 15 is 0 Å². The van der Waals surface area contributed by atoms with Gasteiger partial charge in [-0.25, -0.2) is 0 Å². The van der Waals surface area contributed by atoms with Crippen LogP contribution in [0.2, 0.25) is 0 Å². The molecule has 0 heterocycles. The van der Waals surface area contributed by atoms with Gasteiger partial charge in [-0.15, -0.1) is 0 Å². The molecule has 0 aliphatic rings. The maximum atomic E-state index is 3.31. The second-order valence-electron chi connectivity index (χ2n) is 7.23. The third-order valence-corrected chi connectivity index (χ3v) is 3.55. The average molecular weight is 713 g/mol. The zero-order valence-electron chi connectivity index (χ0n) is 29.9. The molecule has 0 aliphatic heterocycles. The number of hydrogen-bond acceptors (Lipinski definition) is 0. The van der Waals surface area contributed by atoms with Crippen LogP contribution in [0.4, 0.5) is 0 Å². The molecule has 0 aromatic carbocycles. The Balaban J connectivity index is 6.11. The number of rotatable bonds is 0. The van der Waals surface area contributed by atoms with Crippen molar-refractivity contribution in [2.24, 2.45) is 0 Å². The molecule has 0 aliphatic carbocycles. The molecule has 0 amide bonds. The van der Waals surface area contributed by atoms with E-state index in [9.17, 15) is 0 Å². The molecule has 0 saturated carbocycles. The summed E-state index contributed by atoms with van der Waals surface area (Å²) in [4.78, 5) is 0. The van der Waals surface area contributed by atoms with Gasteiger partial charge >= 0.3 is 0 Å². The highest BCUT2D eigenvalue weighted by Gasteiger charge is 1.46. The summed E-state index contributed by atoms with van der Waals surface area (Å²) in [5.74, 6) is 0. The van der Waals surface area contributed by atoms with Crippen molar-refractivity contribution in [3.63, 3.8) is 0 Å². The minimum atomic E-state index is 2.37. The lowest BCUT2D eigenvalue weighted by Crippen LogP contribution is -1.26. The van der Waals surface area contributed by atoms with Gasteiger partial charge in [0.15, 0.2) is 0 Å². The zero-order chi connectivity index (χ0) is 42.3. The molecule has 0 nitrogen and oxygen atoms in total. The zero-order valence-corrected chi connectivity index (χ0v) is 29.9. The highest BCUT2D eigenvalue weighted by atomic mass is 13.5. The Morgan fingerprint density at radius 1 is 0.0847 bits per heavy atom. The van der Waals surface area contributed by atoms with Crippen LogP contribution in [0.3, 0.4) is 0 Å². The Hall–Kier alpha value is -12.8. The molecular formula is C59H4. The first kappa shape index (κ1) is 46.2. The first-order chi connectivity index (χ1) is 29.4. The molecule has 240 valence electrons. The van der Waals surface area contributed by atoms with E-state index < -0.39 is 0 Å². The van der Waals surface area contributed by atoms with Gasteiger partial charge in [-0.1, -0.05) is 11.5 Å². The van der Waals surface area contributed by atoms with Gasteiger partial charge in [0.25, 0.3) is 0 Å². The molecule has 0 rings (SSSR count). The predicted octanol–water partition coefficient (Wildman–Crippen LogP) is 9.64. The molecule has 0 atom stereocenters. The molecule has 0 aromatic heterocycles. The Morgan fingerprint density at radius 2 is 0.136 bits per heavy atom. The Kier molecular flexibility index (Phi) is 35.4. The van der Waals surface area contributed by atoms with Crippen LogP contribution in [0.5, 0.6) is 0 Å². The van der Waals surface area contributed by atoms with Gasteiger partial charge in [-0.05, 0) is 105 Å². The van der Waals surface area contributed by atoms with Crippen LogP contribution in [0.25, 0.3) is 0 Å². The first-order valence-corrected chi connectivity index (χ1v) is 14.7. The molecule has 59 heavy (non-hydrogen) atoms. The van der Waals surface area contributed by atoms with Crippen LogP contribution in [0, 0.1) is 0 Å². The maximum Gasteiger partial charge on any atom is 0 e. The quantitative estimate of drug-likeness (QED) is 0.220. The van der Waals surface area contributed by atoms with E-state index in [1.807, 2.05) is 0 Å². The summed E-state index contributed by atoms with van der Waals surface area (Å²) < 4.78 is 0. The Labute approximate surface area is 338 Å². The summed E-state index contributed by atoms with van der Waals surface area (Å²) in [6.45, 7) is 6.63. The van der Waals surface area contributed by atoms with Crippen molar-refractivity contribution in [1.29, 1.82) is 0 Å². The third-order valence-electron chi connectivity index (χ3n) is 3.55. The topological polar surface area (TPSA) is 0 Å². The second kappa shape index (κ2) is 45.2. The lowest BCUT2D eigenvalue weighted by molar-refractivity contribution is 2.10. The maximum absolute atomic E-state index is 3.31. The highest BCUT2D eigenvalue weighted by molar-refractivity contribution is 4.98. The van der Waals surface area contributed by atoms with Crippen molar-refractivity contribution in [3.8, 4) is 0 Å². The van der Waals surface area contributed by atoms with E-state index in [0.29, 0.717) is 0 Å². The molecule has 0 fully saturated rings. The van der Waals surface area contributed by atoms with Crippen molar-refractivity contribution in [3.05, 3.63) is 340 Å². The van der Waals surface area contributed by atoms with E-state index in [1.165, 1.54) is 0 Å². The fraction of sp³-hybridized carbons (Fsp3) is 0. The monoisotopic (exact) mass is 712 g/mol. The fourth-order valence-corrected chi connectivity index (χ4v) is 1.74. The molecule has 0 N–H and O–H groups in total. The molecule has 0 aromatic rings. The largest absolute Gasteiger partial charge is 0.0687 e. The van der Waals surface area contributed by atoms with Crippen molar-refractivity contribution < 1.29 is 0 Å². The van der Waals surface area contributed by atoms with Crippen LogP contribution in [-0.4, -0.2) is 0 Å². The third kappa shape index (κ3) is 45.2. The first-order valence-electron chi connectivity index (χ1n) is 14.7. The molecule has 0 unspecified atom stereocenters. The molecule has 0 saturated heterocycles. The molecule has 0 heteroatoms. The van der Waals surface area contributed by atoms with Gasteiger partial charge in [-0.3, -0.25) is 0 Å². The van der Waals surface area contributed by atoms with Gasteiger partial charge in [0.1, 0.15) is 0 Å². The van der Waals surface area contributed by atoms with Crippen LogP contribution < -0.4 is 0 Å². The smallest absolute Gasteiger partial charge is 0 e. The lowest BCUT2D eigenvalue weighted by atomic mass is 10.6. The fourth-order valence-electron chi connectivity index (χ4n) is 1.74. The molecule has 0 spiro atoms. The summed E-state index contributed by atoms with van der Waals surface area (Å²) in [6, 6.07) is 0. The van der Waals surface area contributed by atoms with E-state index in [-0.39, 0.29) is 0 Å². The molecule has 0 radical (unpaired) electrons. The summed E-state index contributed by atoms with van der Waals surface area (Å²) in [6.07, 6.45) is 0. The lowest BCUT2D eigenvalue weighted by Gasteiger charge is -1.41. The van der Waals surface area contributed by atoms with Gasteiger partial charge in [0, 0.05) is 224 Å². The van der Waals surface area contributed by atoms with Crippen molar-refractivity contribution in [2.45, 2.75) is 0 Å².